The third-order valence-corrected chi connectivity index (χ3v) is 6.48. The smallest absolute Gasteiger partial charge is 0.216 e. The zero-order chi connectivity index (χ0) is 24.6. The van der Waals surface area contributed by atoms with E-state index in [-0.39, 0.29) is 18.1 Å². The van der Waals surface area contributed by atoms with Crippen molar-refractivity contribution in [2.75, 3.05) is 6.54 Å². The molecule has 0 aromatic heterocycles. The first-order valence-electron chi connectivity index (χ1n) is 12.4. The lowest BCUT2D eigenvalue weighted by molar-refractivity contribution is -0.118. The van der Waals surface area contributed by atoms with Gasteiger partial charge in [-0.2, -0.15) is 0 Å². The minimum atomic E-state index is -0.0129. The molecule has 4 heteroatoms. The summed E-state index contributed by atoms with van der Waals surface area (Å²) in [7, 11) is 0. The summed E-state index contributed by atoms with van der Waals surface area (Å²) in [6.45, 7) is 8.91. The number of allylic oxidation sites excluding steroid dienone is 1. The van der Waals surface area contributed by atoms with Gasteiger partial charge in [0.05, 0.1) is 12.7 Å². The van der Waals surface area contributed by atoms with Crippen molar-refractivity contribution in [2.24, 2.45) is 0 Å². The molecule has 0 spiro atoms. The number of hydrogen-bond donors (Lipinski definition) is 1. The van der Waals surface area contributed by atoms with Gasteiger partial charge < -0.3 is 14.8 Å². The molecule has 1 N–H and O–H groups in total. The highest BCUT2D eigenvalue weighted by Crippen LogP contribution is 2.33. The Bertz CT molecular complexity index is 1150. The lowest BCUT2D eigenvalue weighted by Gasteiger charge is -2.18. The molecule has 1 aliphatic carbocycles. The fourth-order valence-corrected chi connectivity index (χ4v) is 4.58. The summed E-state index contributed by atoms with van der Waals surface area (Å²) in [5.74, 6) is 0.860. The maximum absolute atomic E-state index is 11.4. The van der Waals surface area contributed by atoms with Crippen molar-refractivity contribution in [3.8, 4) is 16.9 Å². The molecular weight excluding hydrogens is 434 g/mol. The van der Waals surface area contributed by atoms with Crippen molar-refractivity contribution in [1.29, 1.82) is 0 Å². The van der Waals surface area contributed by atoms with Crippen LogP contribution in [0.5, 0.6) is 5.75 Å². The van der Waals surface area contributed by atoms with Gasteiger partial charge in [0.25, 0.3) is 0 Å². The summed E-state index contributed by atoms with van der Waals surface area (Å²) in [5, 5.41) is 2.91. The van der Waals surface area contributed by atoms with Crippen LogP contribution < -0.4 is 10.1 Å². The molecule has 2 atom stereocenters. The van der Waals surface area contributed by atoms with E-state index in [9.17, 15) is 4.79 Å². The van der Waals surface area contributed by atoms with Crippen LogP contribution in [0.25, 0.3) is 16.7 Å². The van der Waals surface area contributed by atoms with Gasteiger partial charge >= 0.3 is 0 Å². The number of nitrogens with one attached hydrogen (secondary N) is 1. The first-order chi connectivity index (χ1) is 17.0. The van der Waals surface area contributed by atoms with Crippen molar-refractivity contribution >= 4 is 11.5 Å². The summed E-state index contributed by atoms with van der Waals surface area (Å²) >= 11 is 0. The molecule has 1 saturated carbocycles. The Morgan fingerprint density at radius 3 is 2.54 bits per heavy atom. The van der Waals surface area contributed by atoms with Crippen LogP contribution in [-0.4, -0.2) is 24.7 Å². The average Bonchev–Trinajstić information content (AvgIpc) is 3.31. The number of amides is 1. The van der Waals surface area contributed by atoms with Crippen molar-refractivity contribution in [2.45, 2.75) is 58.3 Å². The highest BCUT2D eigenvalue weighted by Gasteiger charge is 2.27. The van der Waals surface area contributed by atoms with Gasteiger partial charge in [0, 0.05) is 19.9 Å². The Hall–Kier alpha value is -3.37. The third kappa shape index (κ3) is 7.06. The summed E-state index contributed by atoms with van der Waals surface area (Å²) in [4.78, 5) is 11.4. The van der Waals surface area contributed by atoms with Crippen LogP contribution in [0.4, 0.5) is 0 Å². The van der Waals surface area contributed by atoms with Crippen molar-refractivity contribution < 1.29 is 14.3 Å². The monoisotopic (exact) mass is 469 g/mol. The highest BCUT2D eigenvalue weighted by molar-refractivity contribution is 5.75. The van der Waals surface area contributed by atoms with Crippen LogP contribution in [0.1, 0.15) is 49.8 Å². The predicted octanol–water partition coefficient (Wildman–Crippen LogP) is 6.58. The molecule has 0 heterocycles. The molecular formula is C31H35NO3. The van der Waals surface area contributed by atoms with Gasteiger partial charge in [0.15, 0.2) is 0 Å². The first kappa shape index (κ1) is 24.7. The molecule has 1 fully saturated rings. The maximum atomic E-state index is 11.4. The molecule has 4 nitrogen and oxygen atoms in total. The maximum Gasteiger partial charge on any atom is 0.216 e. The number of benzene rings is 3. The van der Waals surface area contributed by atoms with Crippen LogP contribution in [-0.2, 0) is 22.6 Å². The zero-order valence-electron chi connectivity index (χ0n) is 20.8. The Kier molecular flexibility index (Phi) is 8.38. The average molecular weight is 470 g/mol. The van der Waals surface area contributed by atoms with Gasteiger partial charge in [-0.05, 0) is 72.2 Å². The molecule has 0 radical (unpaired) electrons. The Balaban J connectivity index is 1.46. The Labute approximate surface area is 209 Å². The van der Waals surface area contributed by atoms with Crippen molar-refractivity contribution in [1.82, 2.24) is 5.32 Å². The summed E-state index contributed by atoms with van der Waals surface area (Å²) in [6, 6.07) is 25.1. The molecule has 0 unspecified atom stereocenters. The molecule has 4 rings (SSSR count). The molecule has 0 saturated heterocycles. The van der Waals surface area contributed by atoms with Crippen molar-refractivity contribution in [3.05, 3.63) is 96.1 Å². The second-order valence-electron chi connectivity index (χ2n) is 9.38. The van der Waals surface area contributed by atoms with Gasteiger partial charge in [0.2, 0.25) is 5.91 Å². The van der Waals surface area contributed by atoms with Gasteiger partial charge in [-0.15, -0.1) is 0 Å². The predicted molar refractivity (Wildman–Crippen MR) is 142 cm³/mol. The molecule has 0 aliphatic heterocycles. The minimum Gasteiger partial charge on any atom is -0.490 e. The van der Waals surface area contributed by atoms with E-state index in [1.807, 2.05) is 31.2 Å². The van der Waals surface area contributed by atoms with E-state index in [0.29, 0.717) is 13.2 Å². The van der Waals surface area contributed by atoms with E-state index < -0.39 is 0 Å². The SMILES string of the molecule is C=C(C)c1cccc(-c2cc(O[C@H]3CC[C@@H](OCc4ccccc4)C3)ccc2CCNC(C)=O)c1. The van der Waals surface area contributed by atoms with Crippen LogP contribution in [0, 0.1) is 0 Å². The lowest BCUT2D eigenvalue weighted by Crippen LogP contribution is -2.22. The third-order valence-electron chi connectivity index (χ3n) is 6.48. The van der Waals surface area contributed by atoms with Gasteiger partial charge in [-0.3, -0.25) is 4.79 Å². The van der Waals surface area contributed by atoms with E-state index in [2.05, 4.69) is 60.4 Å². The van der Waals surface area contributed by atoms with Crippen LogP contribution in [0.2, 0.25) is 0 Å². The summed E-state index contributed by atoms with van der Waals surface area (Å²) in [6.07, 6.45) is 4.03. The topological polar surface area (TPSA) is 47.6 Å². The first-order valence-corrected chi connectivity index (χ1v) is 12.4. The van der Waals surface area contributed by atoms with E-state index in [1.54, 1.807) is 6.92 Å². The number of rotatable bonds is 10. The van der Waals surface area contributed by atoms with E-state index >= 15 is 0 Å². The van der Waals surface area contributed by atoms with Crippen LogP contribution >= 0.6 is 0 Å². The molecule has 35 heavy (non-hydrogen) atoms. The number of hydrogen-bond acceptors (Lipinski definition) is 3. The fraction of sp³-hybridized carbons (Fsp3) is 0.323. The molecule has 1 amide bonds. The van der Waals surface area contributed by atoms with Crippen LogP contribution in [0.3, 0.4) is 0 Å². The zero-order valence-corrected chi connectivity index (χ0v) is 20.8. The van der Waals surface area contributed by atoms with Gasteiger partial charge in [-0.1, -0.05) is 66.7 Å². The Morgan fingerprint density at radius 1 is 0.971 bits per heavy atom. The number of ether oxygens (including phenoxy) is 2. The highest BCUT2D eigenvalue weighted by atomic mass is 16.5. The van der Waals surface area contributed by atoms with E-state index in [1.165, 1.54) is 11.1 Å². The molecule has 182 valence electrons. The number of carbonyl (C=O) groups is 1. The van der Waals surface area contributed by atoms with E-state index in [4.69, 9.17) is 9.47 Å². The molecule has 3 aromatic carbocycles. The lowest BCUT2D eigenvalue weighted by atomic mass is 9.95. The minimum absolute atomic E-state index is 0.0129. The standard InChI is InChI=1S/C31H35NO3/c1-22(2)26-10-7-11-27(18-26)31-20-30(13-12-25(31)16-17-32-23(3)33)35-29-15-14-28(19-29)34-21-24-8-5-4-6-9-24/h4-13,18,20,28-29H,1,14-17,19,21H2,2-3H3,(H,32,33)/t28-,29+/m1/s1. The Morgan fingerprint density at radius 2 is 1.77 bits per heavy atom. The second kappa shape index (κ2) is 11.9. The van der Waals surface area contributed by atoms with Crippen molar-refractivity contribution in [3.63, 3.8) is 0 Å². The second-order valence-corrected chi connectivity index (χ2v) is 9.38. The molecule has 1 aliphatic rings. The normalized spacial score (nSPS) is 17.2. The fourth-order valence-electron chi connectivity index (χ4n) is 4.58. The largest absolute Gasteiger partial charge is 0.490 e. The van der Waals surface area contributed by atoms with Gasteiger partial charge in [0.1, 0.15) is 11.9 Å². The molecule has 0 bridgehead atoms. The van der Waals surface area contributed by atoms with Crippen LogP contribution in [0.15, 0.2) is 79.4 Å². The summed E-state index contributed by atoms with van der Waals surface area (Å²) in [5.41, 5.74) is 6.80. The van der Waals surface area contributed by atoms with Gasteiger partial charge in [-0.25, -0.2) is 0 Å². The summed E-state index contributed by atoms with van der Waals surface area (Å²) < 4.78 is 12.6. The quantitative estimate of drug-likeness (QED) is 0.365. The number of carbonyl (C=O) groups excluding carboxylic acids is 1. The van der Waals surface area contributed by atoms with E-state index in [0.717, 1.165) is 53.7 Å². The molecule has 3 aromatic rings.